The summed E-state index contributed by atoms with van der Waals surface area (Å²) in [7, 11) is 4.70. The van der Waals surface area contributed by atoms with E-state index in [1.54, 1.807) is 39.5 Å². The Kier molecular flexibility index (Phi) is 5.41. The van der Waals surface area contributed by atoms with Crippen LogP contribution in [0, 0.1) is 6.92 Å². The van der Waals surface area contributed by atoms with Crippen LogP contribution >= 0.6 is 0 Å². The molecule has 0 radical (unpaired) electrons. The maximum absolute atomic E-state index is 12.4. The highest BCUT2D eigenvalue weighted by Gasteiger charge is 2.12. The number of carbonyl (C=O) groups excluding carboxylic acids is 1. The quantitative estimate of drug-likeness (QED) is 0.599. The Morgan fingerprint density at radius 2 is 1.57 bits per heavy atom. The minimum absolute atomic E-state index is 0.0666. The lowest BCUT2D eigenvalue weighted by Crippen LogP contribution is -1.98. The van der Waals surface area contributed by atoms with Gasteiger partial charge in [-0.15, -0.1) is 0 Å². The molecule has 4 heteroatoms. The van der Waals surface area contributed by atoms with E-state index in [1.165, 1.54) is 6.08 Å². The fraction of sp³-hybridized carbons (Fsp3) is 0.211. The smallest absolute Gasteiger partial charge is 0.186 e. The fourth-order valence-corrected chi connectivity index (χ4v) is 2.30. The number of benzene rings is 2. The number of hydrogen-bond acceptors (Lipinski definition) is 4. The Labute approximate surface area is 136 Å². The number of ketones is 1. The molecule has 4 nitrogen and oxygen atoms in total. The van der Waals surface area contributed by atoms with E-state index >= 15 is 0 Å². The average Bonchev–Trinajstić information content (AvgIpc) is 2.59. The number of carbonyl (C=O) groups is 1. The zero-order valence-corrected chi connectivity index (χ0v) is 13.8. The molecular weight excluding hydrogens is 292 g/mol. The average molecular weight is 312 g/mol. The predicted molar refractivity (Wildman–Crippen MR) is 90.6 cm³/mol. The van der Waals surface area contributed by atoms with Crippen LogP contribution in [0.4, 0.5) is 0 Å². The normalized spacial score (nSPS) is 10.6. The van der Waals surface area contributed by atoms with Gasteiger partial charge in [0.05, 0.1) is 26.9 Å². The van der Waals surface area contributed by atoms with Crippen LogP contribution in [-0.2, 0) is 0 Å². The zero-order chi connectivity index (χ0) is 16.8. The number of hydrogen-bond donors (Lipinski definition) is 0. The van der Waals surface area contributed by atoms with Gasteiger partial charge in [0.25, 0.3) is 0 Å². The number of aryl methyl sites for hydroxylation is 1. The number of allylic oxidation sites excluding steroid dienone is 1. The van der Waals surface area contributed by atoms with Crippen molar-refractivity contribution < 1.29 is 19.0 Å². The summed E-state index contributed by atoms with van der Waals surface area (Å²) in [5, 5.41) is 0. The van der Waals surface area contributed by atoms with E-state index in [1.807, 2.05) is 31.2 Å². The molecule has 0 aliphatic carbocycles. The van der Waals surface area contributed by atoms with Crippen molar-refractivity contribution >= 4 is 11.9 Å². The lowest BCUT2D eigenvalue weighted by atomic mass is 10.0. The third-order valence-electron chi connectivity index (χ3n) is 3.57. The first-order valence-electron chi connectivity index (χ1n) is 7.18. The van der Waals surface area contributed by atoms with Gasteiger partial charge in [0.2, 0.25) is 0 Å². The molecule has 2 rings (SSSR count). The minimum Gasteiger partial charge on any atom is -0.496 e. The maximum Gasteiger partial charge on any atom is 0.186 e. The molecule has 0 saturated carbocycles. The highest BCUT2D eigenvalue weighted by atomic mass is 16.5. The van der Waals surface area contributed by atoms with E-state index in [0.717, 1.165) is 5.56 Å². The summed E-state index contributed by atoms with van der Waals surface area (Å²) in [6, 6.07) is 11.0. The number of methoxy groups -OCH3 is 3. The summed E-state index contributed by atoms with van der Waals surface area (Å²) >= 11 is 0. The van der Waals surface area contributed by atoms with Gasteiger partial charge in [0.15, 0.2) is 5.78 Å². The molecule has 0 spiro atoms. The summed E-state index contributed by atoms with van der Waals surface area (Å²) in [6.07, 6.45) is 3.22. The highest BCUT2D eigenvalue weighted by molar-refractivity contribution is 6.08. The number of rotatable bonds is 6. The van der Waals surface area contributed by atoms with E-state index in [0.29, 0.717) is 28.4 Å². The molecule has 0 atom stereocenters. The van der Waals surface area contributed by atoms with E-state index in [4.69, 9.17) is 14.2 Å². The van der Waals surface area contributed by atoms with Gasteiger partial charge < -0.3 is 14.2 Å². The summed E-state index contributed by atoms with van der Waals surface area (Å²) in [5.74, 6) is 1.72. The van der Waals surface area contributed by atoms with Crippen molar-refractivity contribution in [3.8, 4) is 17.2 Å². The maximum atomic E-state index is 12.4. The van der Waals surface area contributed by atoms with Crippen molar-refractivity contribution in [2.24, 2.45) is 0 Å². The first-order valence-corrected chi connectivity index (χ1v) is 7.18. The van der Waals surface area contributed by atoms with Gasteiger partial charge in [-0.2, -0.15) is 0 Å². The molecule has 0 fully saturated rings. The third-order valence-corrected chi connectivity index (χ3v) is 3.57. The van der Waals surface area contributed by atoms with Gasteiger partial charge in [-0.3, -0.25) is 4.79 Å². The summed E-state index contributed by atoms with van der Waals surface area (Å²) in [4.78, 5) is 12.4. The highest BCUT2D eigenvalue weighted by Crippen LogP contribution is 2.35. The summed E-state index contributed by atoms with van der Waals surface area (Å²) in [5.41, 5.74) is 2.31. The molecule has 2 aromatic carbocycles. The molecule has 0 bridgehead atoms. The molecule has 0 aliphatic heterocycles. The van der Waals surface area contributed by atoms with Gasteiger partial charge >= 0.3 is 0 Å². The van der Waals surface area contributed by atoms with Crippen LogP contribution in [-0.4, -0.2) is 27.1 Å². The zero-order valence-electron chi connectivity index (χ0n) is 13.8. The Balaban J connectivity index is 2.39. The van der Waals surface area contributed by atoms with Crippen molar-refractivity contribution in [1.29, 1.82) is 0 Å². The first-order chi connectivity index (χ1) is 11.1. The second-order valence-electron chi connectivity index (χ2n) is 4.96. The van der Waals surface area contributed by atoms with E-state index in [-0.39, 0.29) is 5.78 Å². The largest absolute Gasteiger partial charge is 0.496 e. The van der Waals surface area contributed by atoms with Crippen molar-refractivity contribution in [2.45, 2.75) is 6.92 Å². The van der Waals surface area contributed by atoms with Crippen LogP contribution in [0.5, 0.6) is 17.2 Å². The van der Waals surface area contributed by atoms with Gasteiger partial charge in [-0.25, -0.2) is 0 Å². The molecule has 23 heavy (non-hydrogen) atoms. The second kappa shape index (κ2) is 7.49. The molecular formula is C19H20O4. The molecule has 0 heterocycles. The summed E-state index contributed by atoms with van der Waals surface area (Å²) < 4.78 is 16.0. The molecule has 0 N–H and O–H groups in total. The van der Waals surface area contributed by atoms with E-state index in [2.05, 4.69) is 0 Å². The molecule has 0 saturated heterocycles. The van der Waals surface area contributed by atoms with Gasteiger partial charge in [-0.1, -0.05) is 24.3 Å². The molecule has 0 unspecified atom stereocenters. The van der Waals surface area contributed by atoms with Crippen LogP contribution in [0.1, 0.15) is 21.5 Å². The molecule has 2 aromatic rings. The Bertz CT molecular complexity index is 707. The molecule has 120 valence electrons. The molecule has 0 aromatic heterocycles. The van der Waals surface area contributed by atoms with Gasteiger partial charge in [0, 0.05) is 17.7 Å². The Hall–Kier alpha value is -2.75. The van der Waals surface area contributed by atoms with Crippen molar-refractivity contribution in [1.82, 2.24) is 0 Å². The lowest BCUT2D eigenvalue weighted by molar-refractivity contribution is 0.104. The SMILES string of the molecule is COc1cc(OC)c(/C=C/C(=O)c2ccccc2C)c(OC)c1. The minimum atomic E-state index is -0.0666. The van der Waals surface area contributed by atoms with Crippen molar-refractivity contribution in [3.63, 3.8) is 0 Å². The van der Waals surface area contributed by atoms with Crippen molar-refractivity contribution in [3.05, 3.63) is 59.2 Å². The standard InChI is InChI=1S/C19H20O4/c1-13-7-5-6-8-15(13)17(20)10-9-16-18(22-3)11-14(21-2)12-19(16)23-4/h5-12H,1-4H3/b10-9+. The summed E-state index contributed by atoms with van der Waals surface area (Å²) in [6.45, 7) is 1.91. The van der Waals surface area contributed by atoms with Crippen molar-refractivity contribution in [2.75, 3.05) is 21.3 Å². The number of ether oxygens (including phenoxy) is 3. The monoisotopic (exact) mass is 312 g/mol. The fourth-order valence-electron chi connectivity index (χ4n) is 2.30. The second-order valence-corrected chi connectivity index (χ2v) is 4.96. The van der Waals surface area contributed by atoms with Gasteiger partial charge in [0.1, 0.15) is 17.2 Å². The van der Waals surface area contributed by atoms with Crippen LogP contribution in [0.15, 0.2) is 42.5 Å². The molecule has 0 aliphatic rings. The van der Waals surface area contributed by atoms with Crippen LogP contribution in [0.25, 0.3) is 6.08 Å². The van der Waals surface area contributed by atoms with E-state index < -0.39 is 0 Å². The Morgan fingerprint density at radius 3 is 2.09 bits per heavy atom. The van der Waals surface area contributed by atoms with Gasteiger partial charge in [-0.05, 0) is 24.6 Å². The van der Waals surface area contributed by atoms with Crippen LogP contribution in [0.3, 0.4) is 0 Å². The topological polar surface area (TPSA) is 44.8 Å². The van der Waals surface area contributed by atoms with E-state index in [9.17, 15) is 4.79 Å². The predicted octanol–water partition coefficient (Wildman–Crippen LogP) is 3.92. The Morgan fingerprint density at radius 1 is 0.957 bits per heavy atom. The van der Waals surface area contributed by atoms with Crippen LogP contribution < -0.4 is 14.2 Å². The third kappa shape index (κ3) is 3.72. The molecule has 0 amide bonds. The lowest BCUT2D eigenvalue weighted by Gasteiger charge is -2.12. The first kappa shape index (κ1) is 16.6. The van der Waals surface area contributed by atoms with Crippen LogP contribution in [0.2, 0.25) is 0 Å².